The Morgan fingerprint density at radius 1 is 1.09 bits per heavy atom. The van der Waals surface area contributed by atoms with Gasteiger partial charge in [-0.3, -0.25) is 0 Å². The summed E-state index contributed by atoms with van der Waals surface area (Å²) in [5, 5.41) is 0.234. The van der Waals surface area contributed by atoms with Gasteiger partial charge in [-0.05, 0) is 42.8 Å². The second kappa shape index (κ2) is 7.93. The van der Waals surface area contributed by atoms with Crippen molar-refractivity contribution in [2.24, 2.45) is 5.92 Å². The Kier molecular flexibility index (Phi) is 5.80. The highest BCUT2D eigenvalue weighted by atomic mass is 35.5. The maximum atomic E-state index is 15.0. The fraction of sp³-hybridized carbons (Fsp3) is 0.368. The van der Waals surface area contributed by atoms with Gasteiger partial charge in [0.2, 0.25) is 11.0 Å². The van der Waals surface area contributed by atoms with Crippen molar-refractivity contribution in [3.05, 3.63) is 58.6 Å². The molecule has 4 rings (SSSR count). The summed E-state index contributed by atoms with van der Waals surface area (Å²) in [4.78, 5) is -0.256. The van der Waals surface area contributed by atoms with E-state index in [0.29, 0.717) is 4.31 Å². The van der Waals surface area contributed by atoms with E-state index in [-0.39, 0.29) is 9.92 Å². The molecular formula is C19H15ClF5NO4S2. The summed E-state index contributed by atoms with van der Waals surface area (Å²) in [5.74, 6) is -3.91. The number of hydrogen-bond acceptors (Lipinski definition) is 4. The Balaban J connectivity index is 1.92. The average molecular weight is 516 g/mol. The van der Waals surface area contributed by atoms with E-state index < -0.39 is 86.1 Å². The molecule has 1 saturated heterocycles. The standard InChI is InChI=1S/C19H15ClF5NO4S2/c20-12-1-3-13(4-2-12)32(28,29)18-7-8-26(31(27)19(23,24)25)9-11(18)10-30-17-15(22)6-5-14(21)16(17)18/h1-6,11H,7-10H2/t11?,18-,31?/m0/s1. The van der Waals surface area contributed by atoms with Gasteiger partial charge in [0, 0.05) is 24.0 Å². The minimum Gasteiger partial charge on any atom is -0.490 e. The van der Waals surface area contributed by atoms with E-state index in [2.05, 4.69) is 0 Å². The van der Waals surface area contributed by atoms with Crippen molar-refractivity contribution in [2.45, 2.75) is 21.6 Å². The van der Waals surface area contributed by atoms with E-state index in [0.717, 1.165) is 12.1 Å². The Hall–Kier alpha value is -1.76. The molecule has 0 radical (unpaired) electrons. The number of benzene rings is 2. The number of sulfone groups is 1. The summed E-state index contributed by atoms with van der Waals surface area (Å²) < 4.78 is 112. The van der Waals surface area contributed by atoms with Gasteiger partial charge in [-0.25, -0.2) is 25.7 Å². The fourth-order valence-corrected chi connectivity index (χ4v) is 7.66. The van der Waals surface area contributed by atoms with Crippen molar-refractivity contribution >= 4 is 32.4 Å². The van der Waals surface area contributed by atoms with E-state index in [9.17, 15) is 30.2 Å². The predicted molar refractivity (Wildman–Crippen MR) is 106 cm³/mol. The average Bonchev–Trinajstić information content (AvgIpc) is 2.74. The van der Waals surface area contributed by atoms with Gasteiger partial charge < -0.3 is 4.74 Å². The molecule has 0 bridgehead atoms. The van der Waals surface area contributed by atoms with Crippen molar-refractivity contribution < 1.29 is 39.3 Å². The van der Waals surface area contributed by atoms with Crippen molar-refractivity contribution in [1.82, 2.24) is 4.31 Å². The lowest BCUT2D eigenvalue weighted by atomic mass is 9.78. The zero-order valence-corrected chi connectivity index (χ0v) is 18.4. The first-order valence-electron chi connectivity index (χ1n) is 9.24. The number of fused-ring (bicyclic) bond motifs is 3. The monoisotopic (exact) mass is 515 g/mol. The van der Waals surface area contributed by atoms with Gasteiger partial charge in [0.25, 0.3) is 0 Å². The third-order valence-electron chi connectivity index (χ3n) is 5.76. The number of rotatable bonds is 3. The van der Waals surface area contributed by atoms with Gasteiger partial charge in [-0.15, -0.1) is 0 Å². The first kappa shape index (κ1) is 23.4. The van der Waals surface area contributed by atoms with Gasteiger partial charge in [0.1, 0.15) is 10.6 Å². The summed E-state index contributed by atoms with van der Waals surface area (Å²) in [6.45, 7) is -1.70. The minimum atomic E-state index is -5.06. The normalized spacial score (nSPS) is 24.9. The number of hydrogen-bond donors (Lipinski definition) is 0. The summed E-state index contributed by atoms with van der Waals surface area (Å²) >= 11 is 5.84. The van der Waals surface area contributed by atoms with E-state index in [1.807, 2.05) is 0 Å². The highest BCUT2D eigenvalue weighted by Gasteiger charge is 2.61. The molecule has 32 heavy (non-hydrogen) atoms. The lowest BCUT2D eigenvalue weighted by Gasteiger charge is -2.49. The largest absolute Gasteiger partial charge is 0.490 e. The molecule has 2 aliphatic heterocycles. The number of ether oxygens (including phenoxy) is 1. The van der Waals surface area contributed by atoms with Gasteiger partial charge >= 0.3 is 5.51 Å². The van der Waals surface area contributed by atoms with Crippen molar-refractivity contribution in [2.75, 3.05) is 19.7 Å². The molecule has 0 amide bonds. The van der Waals surface area contributed by atoms with Crippen LogP contribution in [0.3, 0.4) is 0 Å². The molecular weight excluding hydrogens is 501 g/mol. The summed E-state index contributed by atoms with van der Waals surface area (Å²) in [6, 6.07) is 6.52. The number of alkyl halides is 3. The Bertz CT molecular complexity index is 1190. The van der Waals surface area contributed by atoms with Crippen molar-refractivity contribution in [1.29, 1.82) is 0 Å². The molecule has 0 spiro atoms. The van der Waals surface area contributed by atoms with Gasteiger partial charge in [-0.2, -0.15) is 13.2 Å². The van der Waals surface area contributed by atoms with Crippen LogP contribution in [0.1, 0.15) is 12.0 Å². The Labute approximate surface area is 187 Å². The van der Waals surface area contributed by atoms with Crippen LogP contribution in [0.15, 0.2) is 41.3 Å². The lowest BCUT2D eigenvalue weighted by Crippen LogP contribution is -2.59. The summed E-state index contributed by atoms with van der Waals surface area (Å²) in [5.41, 5.74) is -5.62. The molecule has 13 heteroatoms. The van der Waals surface area contributed by atoms with E-state index in [1.54, 1.807) is 0 Å². The third kappa shape index (κ3) is 3.51. The van der Waals surface area contributed by atoms with E-state index in [1.165, 1.54) is 24.3 Å². The van der Waals surface area contributed by atoms with Crippen LogP contribution in [0.2, 0.25) is 5.02 Å². The highest BCUT2D eigenvalue weighted by Crippen LogP contribution is 2.54. The quantitative estimate of drug-likeness (QED) is 0.575. The smallest absolute Gasteiger partial charge is 0.485 e. The molecule has 2 unspecified atom stereocenters. The number of nitrogens with zero attached hydrogens (tertiary/aromatic N) is 1. The molecule has 174 valence electrons. The highest BCUT2D eigenvalue weighted by molar-refractivity contribution is 7.92. The van der Waals surface area contributed by atoms with E-state index >= 15 is 4.39 Å². The molecule has 2 heterocycles. The van der Waals surface area contributed by atoms with Crippen molar-refractivity contribution in [3.8, 4) is 5.75 Å². The number of piperidine rings is 1. The molecule has 0 N–H and O–H groups in total. The van der Waals surface area contributed by atoms with Crippen LogP contribution in [-0.4, -0.2) is 42.1 Å². The van der Waals surface area contributed by atoms with Gasteiger partial charge in [-0.1, -0.05) is 11.6 Å². The molecule has 2 aliphatic rings. The van der Waals surface area contributed by atoms with E-state index in [4.69, 9.17) is 16.3 Å². The van der Waals surface area contributed by atoms with Crippen LogP contribution in [-0.2, 0) is 25.6 Å². The third-order valence-corrected chi connectivity index (χ3v) is 9.80. The van der Waals surface area contributed by atoms with Crippen LogP contribution in [0.25, 0.3) is 0 Å². The molecule has 0 aliphatic carbocycles. The maximum Gasteiger partial charge on any atom is 0.485 e. The molecule has 0 saturated carbocycles. The van der Waals surface area contributed by atoms with Crippen LogP contribution in [0.5, 0.6) is 5.75 Å². The second-order valence-corrected chi connectivity index (χ2v) is 11.5. The SMILES string of the molecule is O=S(N1CC[C@@]2(S(=O)(=O)c3ccc(Cl)cc3)c3c(F)ccc(F)c3OCC2C1)C(F)(F)F. The Morgan fingerprint density at radius 2 is 1.72 bits per heavy atom. The zero-order valence-electron chi connectivity index (χ0n) is 16.0. The minimum absolute atomic E-state index is 0.234. The van der Waals surface area contributed by atoms with Crippen LogP contribution in [0, 0.1) is 17.6 Å². The molecule has 2 aromatic carbocycles. The number of halogens is 6. The van der Waals surface area contributed by atoms with Crippen LogP contribution < -0.4 is 4.74 Å². The zero-order chi connectivity index (χ0) is 23.5. The topological polar surface area (TPSA) is 63.7 Å². The fourth-order valence-electron chi connectivity index (χ4n) is 4.36. The molecule has 2 aromatic rings. The lowest BCUT2D eigenvalue weighted by molar-refractivity contribution is -0.0446. The molecule has 5 nitrogen and oxygen atoms in total. The predicted octanol–water partition coefficient (Wildman–Crippen LogP) is 4.19. The first-order chi connectivity index (χ1) is 14.9. The Morgan fingerprint density at radius 3 is 2.34 bits per heavy atom. The summed E-state index contributed by atoms with van der Waals surface area (Å²) in [6.07, 6.45) is -0.554. The van der Waals surface area contributed by atoms with Crippen LogP contribution in [0.4, 0.5) is 22.0 Å². The molecule has 1 fully saturated rings. The first-order valence-corrected chi connectivity index (χ1v) is 12.2. The maximum absolute atomic E-state index is 15.0. The molecule has 0 aromatic heterocycles. The summed E-state index contributed by atoms with van der Waals surface area (Å²) in [7, 11) is -7.89. The van der Waals surface area contributed by atoms with Crippen molar-refractivity contribution in [3.63, 3.8) is 0 Å². The molecule has 3 atom stereocenters. The second-order valence-electron chi connectivity index (χ2n) is 7.42. The van der Waals surface area contributed by atoms with Crippen LogP contribution >= 0.6 is 11.6 Å². The van der Waals surface area contributed by atoms with Gasteiger partial charge in [0.15, 0.2) is 21.4 Å². The van der Waals surface area contributed by atoms with Gasteiger partial charge in [0.05, 0.1) is 17.1 Å².